The number of hydrogen-bond acceptors (Lipinski definition) is 2. The van der Waals surface area contributed by atoms with E-state index >= 15 is 0 Å². The monoisotopic (exact) mass is 267 g/mol. The van der Waals surface area contributed by atoms with Crippen molar-refractivity contribution in [1.29, 1.82) is 0 Å². The van der Waals surface area contributed by atoms with Crippen LogP contribution in [0.1, 0.15) is 55.1 Å². The Morgan fingerprint density at radius 2 is 1.65 bits per heavy atom. The Balaban J connectivity index is 2.40. The van der Waals surface area contributed by atoms with Crippen molar-refractivity contribution in [2.75, 3.05) is 0 Å². The molecule has 0 saturated heterocycles. The van der Waals surface area contributed by atoms with E-state index < -0.39 is 0 Å². The standard InChI is InChI=1S/C18H21NO/c1-13(14-9-11-19-12-10-14)17(20)15-7-5-6-8-16(15)18(2,3)4/h5-13H,1-4H3. The lowest BCUT2D eigenvalue weighted by molar-refractivity contribution is 0.0964. The summed E-state index contributed by atoms with van der Waals surface area (Å²) >= 11 is 0. The first-order valence-electron chi connectivity index (χ1n) is 6.95. The molecule has 20 heavy (non-hydrogen) atoms. The molecule has 104 valence electrons. The fourth-order valence-electron chi connectivity index (χ4n) is 2.39. The van der Waals surface area contributed by atoms with Crippen LogP contribution in [0.5, 0.6) is 0 Å². The largest absolute Gasteiger partial charge is 0.293 e. The van der Waals surface area contributed by atoms with Gasteiger partial charge in [-0.25, -0.2) is 0 Å². The Morgan fingerprint density at radius 3 is 2.25 bits per heavy atom. The van der Waals surface area contributed by atoms with E-state index in [2.05, 4.69) is 25.8 Å². The maximum absolute atomic E-state index is 12.8. The van der Waals surface area contributed by atoms with Crippen LogP contribution >= 0.6 is 0 Å². The number of ketones is 1. The lowest BCUT2D eigenvalue weighted by Crippen LogP contribution is -2.19. The van der Waals surface area contributed by atoms with Crippen molar-refractivity contribution < 1.29 is 4.79 Å². The Morgan fingerprint density at radius 1 is 1.05 bits per heavy atom. The van der Waals surface area contributed by atoms with Gasteiger partial charge in [-0.15, -0.1) is 0 Å². The van der Waals surface area contributed by atoms with Crippen LogP contribution in [0, 0.1) is 0 Å². The normalized spacial score (nSPS) is 13.0. The Kier molecular flexibility index (Phi) is 4.03. The second kappa shape index (κ2) is 5.58. The summed E-state index contributed by atoms with van der Waals surface area (Å²) in [6, 6.07) is 11.7. The Labute approximate surface area is 120 Å². The van der Waals surface area contributed by atoms with Crippen molar-refractivity contribution >= 4 is 5.78 Å². The second-order valence-electron chi connectivity index (χ2n) is 6.16. The highest BCUT2D eigenvalue weighted by molar-refractivity contribution is 6.02. The van der Waals surface area contributed by atoms with Gasteiger partial charge in [0, 0.05) is 23.9 Å². The molecule has 1 aromatic heterocycles. The molecule has 1 unspecified atom stereocenters. The molecule has 0 fully saturated rings. The van der Waals surface area contributed by atoms with Crippen LogP contribution in [0.2, 0.25) is 0 Å². The summed E-state index contributed by atoms with van der Waals surface area (Å²) in [5.74, 6) is 0.0169. The Hall–Kier alpha value is -1.96. The molecule has 0 aliphatic carbocycles. The fourth-order valence-corrected chi connectivity index (χ4v) is 2.39. The predicted octanol–water partition coefficient (Wildman–Crippen LogP) is 4.37. The number of carbonyl (C=O) groups excluding carboxylic acids is 1. The molecule has 0 N–H and O–H groups in total. The number of rotatable bonds is 3. The maximum atomic E-state index is 12.8. The number of pyridine rings is 1. The minimum atomic E-state index is -0.151. The second-order valence-corrected chi connectivity index (χ2v) is 6.16. The van der Waals surface area contributed by atoms with Gasteiger partial charge in [-0.3, -0.25) is 9.78 Å². The zero-order valence-electron chi connectivity index (χ0n) is 12.6. The van der Waals surface area contributed by atoms with Crippen molar-refractivity contribution in [2.45, 2.75) is 39.0 Å². The molecule has 2 rings (SSSR count). The average Bonchev–Trinajstić information content (AvgIpc) is 2.46. The van der Waals surface area contributed by atoms with Crippen molar-refractivity contribution in [3.05, 3.63) is 65.5 Å². The molecule has 0 aliphatic heterocycles. The molecule has 2 aromatic rings. The Bertz CT molecular complexity index is 596. The van der Waals surface area contributed by atoms with Gasteiger partial charge in [0.25, 0.3) is 0 Å². The average molecular weight is 267 g/mol. The van der Waals surface area contributed by atoms with E-state index in [4.69, 9.17) is 0 Å². The SMILES string of the molecule is CC(C(=O)c1ccccc1C(C)(C)C)c1ccncc1. The van der Waals surface area contributed by atoms with Gasteiger partial charge in [0.1, 0.15) is 0 Å². The van der Waals surface area contributed by atoms with Crippen molar-refractivity contribution in [3.63, 3.8) is 0 Å². The van der Waals surface area contributed by atoms with Gasteiger partial charge in [0.05, 0.1) is 0 Å². The number of carbonyl (C=O) groups is 1. The molecule has 0 amide bonds. The molecule has 1 aromatic carbocycles. The van der Waals surface area contributed by atoms with E-state index in [1.54, 1.807) is 12.4 Å². The van der Waals surface area contributed by atoms with E-state index in [1.807, 2.05) is 43.3 Å². The van der Waals surface area contributed by atoms with Gasteiger partial charge in [-0.2, -0.15) is 0 Å². The summed E-state index contributed by atoms with van der Waals surface area (Å²) in [6.45, 7) is 8.36. The zero-order valence-corrected chi connectivity index (χ0v) is 12.6. The molecule has 0 bridgehead atoms. The van der Waals surface area contributed by atoms with E-state index in [-0.39, 0.29) is 17.1 Å². The molecule has 1 heterocycles. The minimum absolute atomic E-state index is 0.0375. The van der Waals surface area contributed by atoms with Crippen molar-refractivity contribution in [2.24, 2.45) is 0 Å². The molecule has 2 heteroatoms. The third-order valence-corrected chi connectivity index (χ3v) is 3.60. The molecular formula is C18H21NO. The summed E-state index contributed by atoms with van der Waals surface area (Å²) in [6.07, 6.45) is 3.46. The minimum Gasteiger partial charge on any atom is -0.293 e. The quantitative estimate of drug-likeness (QED) is 0.773. The van der Waals surface area contributed by atoms with Gasteiger partial charge in [0.2, 0.25) is 0 Å². The van der Waals surface area contributed by atoms with E-state index in [1.165, 1.54) is 0 Å². The third-order valence-electron chi connectivity index (χ3n) is 3.60. The molecule has 0 aliphatic rings. The summed E-state index contributed by atoms with van der Waals surface area (Å²) in [7, 11) is 0. The maximum Gasteiger partial charge on any atom is 0.170 e. The summed E-state index contributed by atoms with van der Waals surface area (Å²) < 4.78 is 0. The third kappa shape index (κ3) is 2.96. The fraction of sp³-hybridized carbons (Fsp3) is 0.333. The summed E-state index contributed by atoms with van der Waals surface area (Å²) in [4.78, 5) is 16.8. The molecule has 2 nitrogen and oxygen atoms in total. The van der Waals surface area contributed by atoms with Gasteiger partial charge >= 0.3 is 0 Å². The lowest BCUT2D eigenvalue weighted by Gasteiger charge is -2.23. The van der Waals surface area contributed by atoms with Crippen LogP contribution in [0.4, 0.5) is 0 Å². The molecule has 0 spiro atoms. The van der Waals surface area contributed by atoms with Gasteiger partial charge in [0.15, 0.2) is 5.78 Å². The molecule has 0 saturated carbocycles. The smallest absolute Gasteiger partial charge is 0.170 e. The first kappa shape index (κ1) is 14.4. The number of benzene rings is 1. The first-order valence-corrected chi connectivity index (χ1v) is 6.95. The molecular weight excluding hydrogens is 246 g/mol. The van der Waals surface area contributed by atoms with Crippen LogP contribution in [0.15, 0.2) is 48.8 Å². The van der Waals surface area contributed by atoms with Crippen LogP contribution in [0.25, 0.3) is 0 Å². The molecule has 0 radical (unpaired) electrons. The van der Waals surface area contributed by atoms with Gasteiger partial charge < -0.3 is 0 Å². The van der Waals surface area contributed by atoms with Crippen molar-refractivity contribution in [3.8, 4) is 0 Å². The highest BCUT2D eigenvalue weighted by Gasteiger charge is 2.24. The summed E-state index contributed by atoms with van der Waals surface area (Å²) in [5, 5.41) is 0. The van der Waals surface area contributed by atoms with Crippen molar-refractivity contribution in [1.82, 2.24) is 4.98 Å². The number of nitrogens with zero attached hydrogens (tertiary/aromatic N) is 1. The van der Waals surface area contributed by atoms with E-state index in [0.717, 1.165) is 16.7 Å². The summed E-state index contributed by atoms with van der Waals surface area (Å²) in [5.41, 5.74) is 2.90. The number of hydrogen-bond donors (Lipinski definition) is 0. The van der Waals surface area contributed by atoms with E-state index in [0.29, 0.717) is 0 Å². The van der Waals surface area contributed by atoms with Gasteiger partial charge in [-0.1, -0.05) is 52.0 Å². The van der Waals surface area contributed by atoms with Crippen LogP contribution in [-0.4, -0.2) is 10.8 Å². The first-order chi connectivity index (χ1) is 9.41. The van der Waals surface area contributed by atoms with Crippen LogP contribution < -0.4 is 0 Å². The predicted molar refractivity (Wildman–Crippen MR) is 82.1 cm³/mol. The van der Waals surface area contributed by atoms with E-state index in [9.17, 15) is 4.79 Å². The van der Waals surface area contributed by atoms with Crippen LogP contribution in [-0.2, 0) is 5.41 Å². The number of aromatic nitrogens is 1. The molecule has 1 atom stereocenters. The van der Waals surface area contributed by atoms with Gasteiger partial charge in [-0.05, 0) is 28.7 Å². The van der Waals surface area contributed by atoms with Crippen LogP contribution in [0.3, 0.4) is 0 Å². The number of Topliss-reactive ketones (excluding diaryl/α,β-unsaturated/α-hetero) is 1. The lowest BCUT2D eigenvalue weighted by atomic mass is 9.80. The highest BCUT2D eigenvalue weighted by Crippen LogP contribution is 2.29. The zero-order chi connectivity index (χ0) is 14.8. The highest BCUT2D eigenvalue weighted by atomic mass is 16.1. The topological polar surface area (TPSA) is 30.0 Å².